The summed E-state index contributed by atoms with van der Waals surface area (Å²) in [5.74, 6) is -5.06. The van der Waals surface area contributed by atoms with Crippen LogP contribution in [0.25, 0.3) is 0 Å². The molecule has 0 spiro atoms. The Balaban J connectivity index is 3.13. The average molecular weight is 265 g/mol. The topological polar surface area (TPSA) is 9.23 Å². The minimum Gasteiger partial charge on any atom is -0.439 e. The molecule has 0 unspecified atom stereocenters. The number of rotatable bonds is 1. The molecule has 1 aromatic rings. The Labute approximate surface area is 92.3 Å². The van der Waals surface area contributed by atoms with Crippen molar-refractivity contribution >= 4 is 34.8 Å². The SMILES string of the molecule is Fc1ccc(F)c(OC(Cl)(Cl)Cl)c1F. The maximum atomic E-state index is 12.9. The molecule has 0 radical (unpaired) electrons. The van der Waals surface area contributed by atoms with Crippen molar-refractivity contribution in [2.24, 2.45) is 0 Å². The Morgan fingerprint density at radius 3 is 2.00 bits per heavy atom. The number of ether oxygens (including phenoxy) is 1. The Kier molecular flexibility index (Phi) is 3.40. The van der Waals surface area contributed by atoms with Crippen LogP contribution in [0.15, 0.2) is 12.1 Å². The van der Waals surface area contributed by atoms with E-state index in [2.05, 4.69) is 4.74 Å². The number of hydrogen-bond acceptors (Lipinski definition) is 1. The van der Waals surface area contributed by atoms with Gasteiger partial charge in [-0.1, -0.05) is 0 Å². The van der Waals surface area contributed by atoms with E-state index in [1.54, 1.807) is 0 Å². The molecule has 0 aliphatic carbocycles. The predicted molar refractivity (Wildman–Crippen MR) is 47.2 cm³/mol. The molecular weight excluding hydrogens is 263 g/mol. The monoisotopic (exact) mass is 264 g/mol. The van der Waals surface area contributed by atoms with Crippen molar-refractivity contribution in [3.8, 4) is 5.75 Å². The molecule has 0 N–H and O–H groups in total. The first-order chi connectivity index (χ1) is 6.31. The fourth-order valence-corrected chi connectivity index (χ4v) is 0.949. The summed E-state index contributed by atoms with van der Waals surface area (Å²) >= 11 is 15.4. The number of halogens is 6. The van der Waals surface area contributed by atoms with Gasteiger partial charge in [0.2, 0.25) is 5.82 Å². The third-order valence-electron chi connectivity index (χ3n) is 1.22. The van der Waals surface area contributed by atoms with E-state index >= 15 is 0 Å². The van der Waals surface area contributed by atoms with E-state index in [1.165, 1.54) is 0 Å². The van der Waals surface area contributed by atoms with E-state index in [0.717, 1.165) is 0 Å². The van der Waals surface area contributed by atoms with Crippen molar-refractivity contribution in [2.45, 2.75) is 3.98 Å². The fraction of sp³-hybridized carbons (Fsp3) is 0.143. The first kappa shape index (κ1) is 11.8. The molecule has 14 heavy (non-hydrogen) atoms. The second kappa shape index (κ2) is 4.04. The Morgan fingerprint density at radius 1 is 1.00 bits per heavy atom. The van der Waals surface area contributed by atoms with Crippen molar-refractivity contribution in [1.29, 1.82) is 0 Å². The summed E-state index contributed by atoms with van der Waals surface area (Å²) in [7, 11) is 0. The Morgan fingerprint density at radius 2 is 1.50 bits per heavy atom. The van der Waals surface area contributed by atoms with Gasteiger partial charge in [0.05, 0.1) is 0 Å². The molecule has 0 aromatic heterocycles. The summed E-state index contributed by atoms with van der Waals surface area (Å²) in [5, 5.41) is 0. The van der Waals surface area contributed by atoms with Crippen molar-refractivity contribution in [1.82, 2.24) is 0 Å². The summed E-state index contributed by atoms with van der Waals surface area (Å²) in [4.78, 5) is 0. The molecule has 0 aliphatic rings. The van der Waals surface area contributed by atoms with Gasteiger partial charge in [0.15, 0.2) is 17.4 Å². The lowest BCUT2D eigenvalue weighted by Gasteiger charge is -2.14. The van der Waals surface area contributed by atoms with Crippen LogP contribution < -0.4 is 4.74 Å². The predicted octanol–water partition coefficient (Wildman–Crippen LogP) is 3.81. The molecule has 0 bridgehead atoms. The van der Waals surface area contributed by atoms with Gasteiger partial charge in [-0.25, -0.2) is 8.78 Å². The fourth-order valence-electron chi connectivity index (χ4n) is 0.718. The molecule has 0 atom stereocenters. The van der Waals surface area contributed by atoms with Gasteiger partial charge in [-0.15, -0.1) is 0 Å². The largest absolute Gasteiger partial charge is 0.439 e. The third-order valence-corrected chi connectivity index (χ3v) is 1.45. The third kappa shape index (κ3) is 2.83. The molecule has 7 heteroatoms. The smallest absolute Gasteiger partial charge is 0.338 e. The summed E-state index contributed by atoms with van der Waals surface area (Å²) in [5.41, 5.74) is 0. The van der Waals surface area contributed by atoms with Crippen LogP contribution in [0.2, 0.25) is 0 Å². The van der Waals surface area contributed by atoms with Gasteiger partial charge >= 0.3 is 3.98 Å². The molecule has 0 aliphatic heterocycles. The standard InChI is InChI=1S/C7H2Cl3F3O/c8-7(9,10)14-6-4(12)2-1-3(11)5(6)13/h1-2H. The highest BCUT2D eigenvalue weighted by atomic mass is 35.6. The molecule has 1 aromatic carbocycles. The van der Waals surface area contributed by atoms with Gasteiger partial charge in [-0.3, -0.25) is 0 Å². The van der Waals surface area contributed by atoms with Gasteiger partial charge in [0, 0.05) is 0 Å². The minimum absolute atomic E-state index is 0.593. The van der Waals surface area contributed by atoms with Crippen LogP contribution in [-0.2, 0) is 0 Å². The Hall–Kier alpha value is -0.320. The molecule has 0 saturated heterocycles. The van der Waals surface area contributed by atoms with E-state index in [4.69, 9.17) is 34.8 Å². The number of benzene rings is 1. The second-order valence-corrected chi connectivity index (χ2v) is 4.40. The van der Waals surface area contributed by atoms with Crippen LogP contribution in [0, 0.1) is 17.5 Å². The van der Waals surface area contributed by atoms with Gasteiger partial charge in [0.25, 0.3) is 0 Å². The average Bonchev–Trinajstić information content (AvgIpc) is 2.04. The van der Waals surface area contributed by atoms with Crippen molar-refractivity contribution in [3.05, 3.63) is 29.6 Å². The molecule has 1 nitrogen and oxygen atoms in total. The van der Waals surface area contributed by atoms with Gasteiger partial charge in [-0.2, -0.15) is 4.39 Å². The number of hydrogen-bond donors (Lipinski definition) is 0. The lowest BCUT2D eigenvalue weighted by atomic mass is 10.3. The van der Waals surface area contributed by atoms with Gasteiger partial charge < -0.3 is 4.74 Å². The maximum Gasteiger partial charge on any atom is 0.338 e. The molecule has 0 fully saturated rings. The van der Waals surface area contributed by atoms with Crippen LogP contribution in [0.4, 0.5) is 13.2 Å². The van der Waals surface area contributed by atoms with Gasteiger partial charge in [-0.05, 0) is 46.9 Å². The van der Waals surface area contributed by atoms with E-state index in [-0.39, 0.29) is 0 Å². The molecule has 1 rings (SSSR count). The molecule has 0 saturated carbocycles. The molecule has 0 amide bonds. The van der Waals surface area contributed by atoms with E-state index < -0.39 is 27.2 Å². The normalized spacial score (nSPS) is 11.6. The van der Waals surface area contributed by atoms with Crippen molar-refractivity contribution in [3.63, 3.8) is 0 Å². The zero-order valence-corrected chi connectivity index (χ0v) is 8.60. The van der Waals surface area contributed by atoms with Crippen LogP contribution in [0.5, 0.6) is 5.75 Å². The van der Waals surface area contributed by atoms with Crippen molar-refractivity contribution in [2.75, 3.05) is 0 Å². The quantitative estimate of drug-likeness (QED) is 0.554. The maximum absolute atomic E-state index is 12.9. The minimum atomic E-state index is -2.35. The zero-order chi connectivity index (χ0) is 10.9. The van der Waals surface area contributed by atoms with E-state index in [1.807, 2.05) is 0 Å². The molecule has 0 heterocycles. The lowest BCUT2D eigenvalue weighted by molar-refractivity contribution is 0.279. The second-order valence-electron chi connectivity index (χ2n) is 2.22. The summed E-state index contributed by atoms with van der Waals surface area (Å²) in [6.07, 6.45) is 0. The Bertz CT molecular complexity index is 351. The van der Waals surface area contributed by atoms with Crippen molar-refractivity contribution < 1.29 is 17.9 Å². The summed E-state index contributed by atoms with van der Waals surface area (Å²) in [6.45, 7) is 0. The van der Waals surface area contributed by atoms with Crippen LogP contribution in [0.3, 0.4) is 0 Å². The lowest BCUT2D eigenvalue weighted by Crippen LogP contribution is -2.15. The highest BCUT2D eigenvalue weighted by molar-refractivity contribution is 6.66. The summed E-state index contributed by atoms with van der Waals surface area (Å²) < 4.78 is 40.2. The zero-order valence-electron chi connectivity index (χ0n) is 6.33. The van der Waals surface area contributed by atoms with E-state index in [0.29, 0.717) is 12.1 Å². The molecule has 78 valence electrons. The molecular formula is C7H2Cl3F3O. The van der Waals surface area contributed by atoms with E-state index in [9.17, 15) is 13.2 Å². The summed E-state index contributed by atoms with van der Waals surface area (Å²) in [6, 6.07) is 1.25. The first-order valence-corrected chi connectivity index (χ1v) is 4.34. The van der Waals surface area contributed by atoms with Crippen LogP contribution in [-0.4, -0.2) is 3.98 Å². The highest BCUT2D eigenvalue weighted by Gasteiger charge is 2.27. The van der Waals surface area contributed by atoms with Gasteiger partial charge in [0.1, 0.15) is 0 Å². The first-order valence-electron chi connectivity index (χ1n) is 3.20. The van der Waals surface area contributed by atoms with Crippen LogP contribution in [0.1, 0.15) is 0 Å². The highest BCUT2D eigenvalue weighted by Crippen LogP contribution is 2.33. The number of alkyl halides is 3. The van der Waals surface area contributed by atoms with Crippen LogP contribution >= 0.6 is 34.8 Å².